The topological polar surface area (TPSA) is 0 Å². The van der Waals surface area contributed by atoms with Crippen LogP contribution in [0, 0.1) is 29.6 Å². The van der Waals surface area contributed by atoms with Crippen molar-refractivity contribution >= 4 is 0 Å². The molecule has 0 aromatic rings. The first-order chi connectivity index (χ1) is 11.7. The van der Waals surface area contributed by atoms with E-state index in [1.165, 1.54) is 77.0 Å². The molecule has 142 valence electrons. The maximum Gasteiger partial charge on any atom is -0.0357 e. The van der Waals surface area contributed by atoms with Gasteiger partial charge in [0.1, 0.15) is 0 Å². The van der Waals surface area contributed by atoms with Crippen LogP contribution in [0.3, 0.4) is 0 Å². The van der Waals surface area contributed by atoms with Gasteiger partial charge in [0.05, 0.1) is 0 Å². The largest absolute Gasteiger partial charge is 0.0654 e. The van der Waals surface area contributed by atoms with E-state index < -0.39 is 0 Å². The van der Waals surface area contributed by atoms with Gasteiger partial charge in [0.25, 0.3) is 0 Å². The van der Waals surface area contributed by atoms with Crippen molar-refractivity contribution in [2.45, 2.75) is 124 Å². The molecule has 4 atom stereocenters. The molecule has 2 aliphatic rings. The molecule has 2 aliphatic carbocycles. The maximum atomic E-state index is 2.55. The van der Waals surface area contributed by atoms with Crippen molar-refractivity contribution in [3.63, 3.8) is 0 Å². The van der Waals surface area contributed by atoms with E-state index in [1.807, 2.05) is 0 Å². The zero-order chi connectivity index (χ0) is 17.2. The second-order valence-corrected chi connectivity index (χ2v) is 9.44. The highest BCUT2D eigenvalue weighted by molar-refractivity contribution is 4.83. The van der Waals surface area contributed by atoms with Gasteiger partial charge in [-0.15, -0.1) is 0 Å². The zero-order valence-corrected chi connectivity index (χ0v) is 17.2. The predicted octanol–water partition coefficient (Wildman–Crippen LogP) is 8.40. The SMILES string of the molecule is CCCCC(C)CC1CCC(CC)CCCCC1C1CCCCC1. The summed E-state index contributed by atoms with van der Waals surface area (Å²) in [6.07, 6.45) is 24.1. The van der Waals surface area contributed by atoms with Crippen LogP contribution in [0.5, 0.6) is 0 Å². The molecule has 0 N–H and O–H groups in total. The Hall–Kier alpha value is 0. The summed E-state index contributed by atoms with van der Waals surface area (Å²) < 4.78 is 0. The summed E-state index contributed by atoms with van der Waals surface area (Å²) in [5.74, 6) is 5.20. The number of rotatable bonds is 7. The van der Waals surface area contributed by atoms with E-state index in [0.29, 0.717) is 0 Å². The second-order valence-electron chi connectivity index (χ2n) is 9.44. The summed E-state index contributed by atoms with van der Waals surface area (Å²) in [4.78, 5) is 0. The smallest absolute Gasteiger partial charge is 0.0357 e. The molecule has 2 saturated carbocycles. The summed E-state index contributed by atoms with van der Waals surface area (Å²) in [5, 5.41) is 0. The van der Waals surface area contributed by atoms with Crippen molar-refractivity contribution < 1.29 is 0 Å². The van der Waals surface area contributed by atoms with Crippen LogP contribution in [-0.2, 0) is 0 Å². The van der Waals surface area contributed by atoms with Gasteiger partial charge >= 0.3 is 0 Å². The van der Waals surface area contributed by atoms with Gasteiger partial charge in [-0.1, -0.05) is 104 Å². The van der Waals surface area contributed by atoms with Crippen molar-refractivity contribution in [2.24, 2.45) is 29.6 Å². The highest BCUT2D eigenvalue weighted by Crippen LogP contribution is 2.43. The summed E-state index contributed by atoms with van der Waals surface area (Å²) in [7, 11) is 0. The fraction of sp³-hybridized carbons (Fsp3) is 1.00. The molecule has 0 bridgehead atoms. The number of unbranched alkanes of at least 4 members (excludes halogenated alkanes) is 1. The average Bonchev–Trinajstić information content (AvgIpc) is 2.71. The first-order valence-electron chi connectivity index (χ1n) is 11.7. The van der Waals surface area contributed by atoms with E-state index in [1.54, 1.807) is 25.7 Å². The Balaban J connectivity index is 2.01. The molecule has 2 rings (SSSR count). The fourth-order valence-electron chi connectivity index (χ4n) is 5.93. The Morgan fingerprint density at radius 3 is 2.21 bits per heavy atom. The third kappa shape index (κ3) is 6.72. The van der Waals surface area contributed by atoms with Crippen molar-refractivity contribution in [1.82, 2.24) is 0 Å². The second kappa shape index (κ2) is 11.6. The third-order valence-electron chi connectivity index (χ3n) is 7.54. The molecule has 0 amide bonds. The zero-order valence-electron chi connectivity index (χ0n) is 17.2. The van der Waals surface area contributed by atoms with E-state index in [4.69, 9.17) is 0 Å². The molecule has 0 saturated heterocycles. The highest BCUT2D eigenvalue weighted by Gasteiger charge is 2.32. The predicted molar refractivity (Wildman–Crippen MR) is 108 cm³/mol. The molecule has 0 nitrogen and oxygen atoms in total. The van der Waals surface area contributed by atoms with Gasteiger partial charge in [-0.05, 0) is 48.9 Å². The summed E-state index contributed by atoms with van der Waals surface area (Å²) in [6, 6.07) is 0. The minimum atomic E-state index is 0.960. The lowest BCUT2D eigenvalue weighted by molar-refractivity contribution is 0.133. The summed E-state index contributed by atoms with van der Waals surface area (Å²) in [5.41, 5.74) is 0. The minimum absolute atomic E-state index is 0.960. The Morgan fingerprint density at radius 2 is 1.50 bits per heavy atom. The molecule has 4 unspecified atom stereocenters. The monoisotopic (exact) mass is 334 g/mol. The first-order valence-corrected chi connectivity index (χ1v) is 11.7. The molecule has 0 spiro atoms. The third-order valence-corrected chi connectivity index (χ3v) is 7.54. The molecular weight excluding hydrogens is 288 g/mol. The van der Waals surface area contributed by atoms with Crippen LogP contribution in [0.25, 0.3) is 0 Å². The molecule has 0 heterocycles. The van der Waals surface area contributed by atoms with E-state index in [2.05, 4.69) is 20.8 Å². The van der Waals surface area contributed by atoms with Gasteiger partial charge in [0.15, 0.2) is 0 Å². The minimum Gasteiger partial charge on any atom is -0.0654 e. The summed E-state index contributed by atoms with van der Waals surface area (Å²) in [6.45, 7) is 7.33. The van der Waals surface area contributed by atoms with Crippen molar-refractivity contribution in [1.29, 1.82) is 0 Å². The van der Waals surface area contributed by atoms with E-state index in [-0.39, 0.29) is 0 Å². The average molecular weight is 335 g/mol. The van der Waals surface area contributed by atoms with Crippen molar-refractivity contribution in [3.05, 3.63) is 0 Å². The van der Waals surface area contributed by atoms with Gasteiger partial charge in [-0.3, -0.25) is 0 Å². The Labute approximate surface area is 153 Å². The molecular formula is C24H46. The van der Waals surface area contributed by atoms with Crippen molar-refractivity contribution in [3.8, 4) is 0 Å². The van der Waals surface area contributed by atoms with Crippen LogP contribution < -0.4 is 0 Å². The Kier molecular flexibility index (Phi) is 9.80. The molecule has 0 aliphatic heterocycles. The van der Waals surface area contributed by atoms with Gasteiger partial charge < -0.3 is 0 Å². The van der Waals surface area contributed by atoms with Gasteiger partial charge in [-0.2, -0.15) is 0 Å². The standard InChI is InChI=1S/C24H46/c1-4-6-12-20(3)19-23-18-17-21(5-2)13-10-11-16-24(23)22-14-8-7-9-15-22/h20-24H,4-19H2,1-3H3. The van der Waals surface area contributed by atoms with Crippen LogP contribution in [0.15, 0.2) is 0 Å². The molecule has 24 heavy (non-hydrogen) atoms. The van der Waals surface area contributed by atoms with Crippen molar-refractivity contribution in [2.75, 3.05) is 0 Å². The lowest BCUT2D eigenvalue weighted by atomic mass is 9.68. The van der Waals surface area contributed by atoms with Gasteiger partial charge in [-0.25, -0.2) is 0 Å². The summed E-state index contributed by atoms with van der Waals surface area (Å²) >= 11 is 0. The van der Waals surface area contributed by atoms with Gasteiger partial charge in [0, 0.05) is 0 Å². The lowest BCUT2D eigenvalue weighted by Gasteiger charge is -2.37. The van der Waals surface area contributed by atoms with Gasteiger partial charge in [0.2, 0.25) is 0 Å². The lowest BCUT2D eigenvalue weighted by Crippen LogP contribution is -2.27. The molecule has 0 aromatic heterocycles. The van der Waals surface area contributed by atoms with Crippen LogP contribution in [-0.4, -0.2) is 0 Å². The quantitative estimate of drug-likeness (QED) is 0.438. The van der Waals surface area contributed by atoms with Crippen LogP contribution >= 0.6 is 0 Å². The fourth-order valence-corrected chi connectivity index (χ4v) is 5.93. The van der Waals surface area contributed by atoms with E-state index in [0.717, 1.165) is 29.6 Å². The Morgan fingerprint density at radius 1 is 0.792 bits per heavy atom. The van der Waals surface area contributed by atoms with Crippen LogP contribution in [0.2, 0.25) is 0 Å². The van der Waals surface area contributed by atoms with E-state index in [9.17, 15) is 0 Å². The Bertz CT molecular complexity index is 301. The first kappa shape index (κ1) is 20.3. The normalized spacial score (nSPS) is 31.9. The molecule has 0 aromatic carbocycles. The molecule has 0 heteroatoms. The van der Waals surface area contributed by atoms with Crippen LogP contribution in [0.1, 0.15) is 124 Å². The molecule has 2 fully saturated rings. The number of hydrogen-bond donors (Lipinski definition) is 0. The highest BCUT2D eigenvalue weighted by atomic mass is 14.4. The van der Waals surface area contributed by atoms with Crippen LogP contribution in [0.4, 0.5) is 0 Å². The van der Waals surface area contributed by atoms with E-state index >= 15 is 0 Å². The number of hydrogen-bond acceptors (Lipinski definition) is 0. The maximum absolute atomic E-state index is 2.55. The molecule has 0 radical (unpaired) electrons.